The van der Waals surface area contributed by atoms with Crippen molar-refractivity contribution in [2.45, 2.75) is 33.2 Å². The number of rotatable bonds is 5. The number of thiazole rings is 1. The number of aromatic nitrogens is 3. The number of anilines is 2. The van der Waals surface area contributed by atoms with Crippen LogP contribution in [-0.4, -0.2) is 21.5 Å². The molecular formula is C13H19N5S. The molecule has 19 heavy (non-hydrogen) atoms. The van der Waals surface area contributed by atoms with Gasteiger partial charge in [-0.2, -0.15) is 0 Å². The van der Waals surface area contributed by atoms with Crippen molar-refractivity contribution in [3.8, 4) is 0 Å². The van der Waals surface area contributed by atoms with E-state index in [0.717, 1.165) is 28.8 Å². The Balaban J connectivity index is 2.26. The number of nitrogens with one attached hydrogen (secondary N) is 2. The molecule has 2 rings (SSSR count). The number of hydrogen-bond donors (Lipinski definition) is 2. The molecule has 0 aromatic carbocycles. The van der Waals surface area contributed by atoms with E-state index in [-0.39, 0.29) is 5.54 Å². The molecule has 5 nitrogen and oxygen atoms in total. The number of nitrogens with zero attached hydrogens (tertiary/aromatic N) is 3. The van der Waals surface area contributed by atoms with Crippen LogP contribution in [0.4, 0.5) is 11.6 Å². The molecule has 0 radical (unpaired) electrons. The van der Waals surface area contributed by atoms with Gasteiger partial charge < -0.3 is 10.6 Å². The molecule has 0 fully saturated rings. The number of hydrogen-bond acceptors (Lipinski definition) is 6. The lowest BCUT2D eigenvalue weighted by molar-refractivity contribution is 0.600. The van der Waals surface area contributed by atoms with Crippen LogP contribution in [0.5, 0.6) is 0 Å². The van der Waals surface area contributed by atoms with E-state index < -0.39 is 0 Å². The molecular weight excluding hydrogens is 258 g/mol. The van der Waals surface area contributed by atoms with E-state index in [1.807, 2.05) is 25.4 Å². The van der Waals surface area contributed by atoms with Crippen LogP contribution in [0.15, 0.2) is 17.9 Å². The van der Waals surface area contributed by atoms with Crippen LogP contribution >= 0.6 is 11.3 Å². The third-order valence-corrected chi connectivity index (χ3v) is 3.92. The van der Waals surface area contributed by atoms with Gasteiger partial charge in [0.15, 0.2) is 0 Å². The zero-order valence-electron chi connectivity index (χ0n) is 11.7. The predicted molar refractivity (Wildman–Crippen MR) is 79.7 cm³/mol. The maximum atomic E-state index is 4.37. The lowest BCUT2D eigenvalue weighted by atomic mass is 10.1. The van der Waals surface area contributed by atoms with Gasteiger partial charge in [0.2, 0.25) is 0 Å². The molecule has 0 aliphatic rings. The average molecular weight is 277 g/mol. The maximum absolute atomic E-state index is 4.37. The molecule has 2 heterocycles. The first-order valence-electron chi connectivity index (χ1n) is 6.28. The molecule has 2 aromatic rings. The Bertz CT molecular complexity index is 536. The van der Waals surface area contributed by atoms with Gasteiger partial charge in [0, 0.05) is 23.7 Å². The second kappa shape index (κ2) is 5.52. The first-order valence-corrected chi connectivity index (χ1v) is 7.16. The van der Waals surface area contributed by atoms with E-state index >= 15 is 0 Å². The monoisotopic (exact) mass is 277 g/mol. The Morgan fingerprint density at radius 1 is 1.21 bits per heavy atom. The van der Waals surface area contributed by atoms with E-state index in [1.165, 1.54) is 0 Å². The van der Waals surface area contributed by atoms with Crippen LogP contribution in [0.1, 0.15) is 31.3 Å². The SMILES string of the molecule is CCNc1ncnc(NC(C)(C)c2nccs2)c1C. The molecule has 2 aromatic heterocycles. The normalized spacial score (nSPS) is 11.4. The summed E-state index contributed by atoms with van der Waals surface area (Å²) in [5, 5.41) is 9.70. The Kier molecular flexibility index (Phi) is 3.99. The topological polar surface area (TPSA) is 62.7 Å². The highest BCUT2D eigenvalue weighted by Crippen LogP contribution is 2.28. The predicted octanol–water partition coefficient (Wildman–Crippen LogP) is 3.02. The molecule has 0 unspecified atom stereocenters. The van der Waals surface area contributed by atoms with Crippen molar-refractivity contribution in [3.05, 3.63) is 28.5 Å². The van der Waals surface area contributed by atoms with Gasteiger partial charge in [-0.05, 0) is 27.7 Å². The van der Waals surface area contributed by atoms with Crippen LogP contribution < -0.4 is 10.6 Å². The second-order valence-electron chi connectivity index (χ2n) is 4.81. The third kappa shape index (κ3) is 3.01. The summed E-state index contributed by atoms with van der Waals surface area (Å²) in [5.41, 5.74) is 0.769. The first-order chi connectivity index (χ1) is 9.04. The van der Waals surface area contributed by atoms with Crippen LogP contribution in [0, 0.1) is 6.92 Å². The summed E-state index contributed by atoms with van der Waals surface area (Å²) in [7, 11) is 0. The van der Waals surface area contributed by atoms with Gasteiger partial charge in [-0.1, -0.05) is 0 Å². The quantitative estimate of drug-likeness (QED) is 0.879. The maximum Gasteiger partial charge on any atom is 0.135 e. The van der Waals surface area contributed by atoms with Gasteiger partial charge in [-0.25, -0.2) is 15.0 Å². The molecule has 0 saturated heterocycles. The molecule has 0 aliphatic carbocycles. The minimum Gasteiger partial charge on any atom is -0.370 e. The summed E-state index contributed by atoms with van der Waals surface area (Å²) in [6, 6.07) is 0. The molecule has 102 valence electrons. The highest BCUT2D eigenvalue weighted by Gasteiger charge is 2.24. The van der Waals surface area contributed by atoms with Gasteiger partial charge in [-0.3, -0.25) is 0 Å². The minimum atomic E-state index is -0.253. The summed E-state index contributed by atoms with van der Waals surface area (Å²) < 4.78 is 0. The molecule has 2 N–H and O–H groups in total. The van der Waals surface area contributed by atoms with Crippen LogP contribution in [0.25, 0.3) is 0 Å². The summed E-state index contributed by atoms with van der Waals surface area (Å²) in [5.74, 6) is 1.71. The summed E-state index contributed by atoms with van der Waals surface area (Å²) in [6.07, 6.45) is 3.39. The zero-order valence-corrected chi connectivity index (χ0v) is 12.5. The van der Waals surface area contributed by atoms with Crippen molar-refractivity contribution >= 4 is 23.0 Å². The fraction of sp³-hybridized carbons (Fsp3) is 0.462. The van der Waals surface area contributed by atoms with E-state index in [0.29, 0.717) is 0 Å². The second-order valence-corrected chi connectivity index (χ2v) is 5.71. The van der Waals surface area contributed by atoms with E-state index in [2.05, 4.69) is 39.4 Å². The highest BCUT2D eigenvalue weighted by atomic mass is 32.1. The summed E-state index contributed by atoms with van der Waals surface area (Å²) >= 11 is 1.64. The molecule has 0 aliphatic heterocycles. The minimum absolute atomic E-state index is 0.253. The molecule has 0 saturated carbocycles. The summed E-state index contributed by atoms with van der Waals surface area (Å²) in [6.45, 7) is 9.10. The van der Waals surface area contributed by atoms with Crippen molar-refractivity contribution in [1.82, 2.24) is 15.0 Å². The molecule has 6 heteroatoms. The molecule has 0 spiro atoms. The van der Waals surface area contributed by atoms with Crippen LogP contribution in [-0.2, 0) is 5.54 Å². The highest BCUT2D eigenvalue weighted by molar-refractivity contribution is 7.09. The van der Waals surface area contributed by atoms with E-state index in [1.54, 1.807) is 17.7 Å². The molecule has 0 atom stereocenters. The lowest BCUT2D eigenvalue weighted by Crippen LogP contribution is -2.29. The fourth-order valence-corrected chi connectivity index (χ4v) is 2.52. The smallest absolute Gasteiger partial charge is 0.135 e. The van der Waals surface area contributed by atoms with Crippen LogP contribution in [0.2, 0.25) is 0 Å². The Morgan fingerprint density at radius 3 is 2.58 bits per heavy atom. The van der Waals surface area contributed by atoms with Crippen LogP contribution in [0.3, 0.4) is 0 Å². The summed E-state index contributed by atoms with van der Waals surface area (Å²) in [4.78, 5) is 12.9. The zero-order chi connectivity index (χ0) is 13.9. The largest absolute Gasteiger partial charge is 0.370 e. The van der Waals surface area contributed by atoms with Crippen molar-refractivity contribution in [3.63, 3.8) is 0 Å². The molecule has 0 amide bonds. The van der Waals surface area contributed by atoms with Gasteiger partial charge in [0.25, 0.3) is 0 Å². The lowest BCUT2D eigenvalue weighted by Gasteiger charge is -2.25. The Labute approximate surface area is 117 Å². The van der Waals surface area contributed by atoms with Crippen molar-refractivity contribution in [2.75, 3.05) is 17.2 Å². The van der Waals surface area contributed by atoms with Crippen molar-refractivity contribution in [1.29, 1.82) is 0 Å². The van der Waals surface area contributed by atoms with Gasteiger partial charge in [0.05, 0.1) is 5.54 Å². The molecule has 0 bridgehead atoms. The van der Waals surface area contributed by atoms with E-state index in [9.17, 15) is 0 Å². The van der Waals surface area contributed by atoms with Gasteiger partial charge in [-0.15, -0.1) is 11.3 Å². The van der Waals surface area contributed by atoms with E-state index in [4.69, 9.17) is 0 Å². The Morgan fingerprint density at radius 2 is 1.95 bits per heavy atom. The van der Waals surface area contributed by atoms with Gasteiger partial charge >= 0.3 is 0 Å². The van der Waals surface area contributed by atoms with Gasteiger partial charge in [0.1, 0.15) is 23.0 Å². The average Bonchev–Trinajstić information content (AvgIpc) is 2.89. The fourth-order valence-electron chi connectivity index (χ4n) is 1.80. The third-order valence-electron chi connectivity index (χ3n) is 2.83. The standard InChI is InChI=1S/C13H19N5S/c1-5-14-10-9(2)11(17-8-16-10)18-13(3,4)12-15-6-7-19-12/h6-8H,5H2,1-4H3,(H2,14,16,17,18). The first kappa shape index (κ1) is 13.7. The van der Waals surface area contributed by atoms with Crippen molar-refractivity contribution in [2.24, 2.45) is 0 Å². The Hall–Kier alpha value is -1.69. The van der Waals surface area contributed by atoms with Crippen molar-refractivity contribution < 1.29 is 0 Å².